The van der Waals surface area contributed by atoms with Crippen molar-refractivity contribution in [3.63, 3.8) is 0 Å². The van der Waals surface area contributed by atoms with Crippen molar-refractivity contribution in [2.45, 2.75) is 6.92 Å². The topological polar surface area (TPSA) is 120 Å². The second-order valence-electron chi connectivity index (χ2n) is 5.87. The smallest absolute Gasteiger partial charge is 0.354 e. The molecule has 0 unspecified atom stereocenters. The zero-order valence-electron chi connectivity index (χ0n) is 16.1. The van der Waals surface area contributed by atoms with Crippen molar-refractivity contribution in [1.82, 2.24) is 0 Å². The van der Waals surface area contributed by atoms with Crippen LogP contribution in [0.1, 0.15) is 6.92 Å². The van der Waals surface area contributed by atoms with Crippen LogP contribution in [0.2, 0.25) is 10.0 Å². The number of hydrogen-bond donors (Lipinski definition) is 2. The van der Waals surface area contributed by atoms with Gasteiger partial charge in [-0.2, -0.15) is 0 Å². The van der Waals surface area contributed by atoms with Crippen molar-refractivity contribution >= 4 is 56.5 Å². The van der Waals surface area contributed by atoms with E-state index in [1.54, 1.807) is 19.1 Å². The summed E-state index contributed by atoms with van der Waals surface area (Å²) in [6, 6.07) is 10.7. The van der Waals surface area contributed by atoms with Crippen LogP contribution in [-0.2, 0) is 19.6 Å². The van der Waals surface area contributed by atoms with Gasteiger partial charge in [-0.1, -0.05) is 23.2 Å². The lowest BCUT2D eigenvalue weighted by Gasteiger charge is -2.09. The maximum Gasteiger partial charge on any atom is 0.354 e. The fourth-order valence-corrected chi connectivity index (χ4v) is 3.12. The molecule has 0 radical (unpaired) electrons. The Morgan fingerprint density at radius 1 is 1.20 bits per heavy atom. The third-order valence-corrected chi connectivity index (χ3v) is 4.45. The second-order valence-corrected chi connectivity index (χ2v) is 8.46. The molecule has 0 amide bonds. The Bertz CT molecular complexity index is 1080. The molecular weight excluding hydrogens is 453 g/mol. The zero-order chi connectivity index (χ0) is 22.3. The molecule has 0 atom stereocenters. The largest absolute Gasteiger partial charge is 0.461 e. The Hall–Kier alpha value is -2.75. The summed E-state index contributed by atoms with van der Waals surface area (Å²) in [6.07, 6.45) is 2.24. The number of hydrogen-bond acceptors (Lipinski definition) is 7. The van der Waals surface area contributed by atoms with E-state index in [-0.39, 0.29) is 23.2 Å². The highest BCUT2D eigenvalue weighted by atomic mass is 35.5. The van der Waals surface area contributed by atoms with Crippen LogP contribution in [0.3, 0.4) is 0 Å². The van der Waals surface area contributed by atoms with Crippen molar-refractivity contribution in [1.29, 1.82) is 0 Å². The Balaban J connectivity index is 2.37. The van der Waals surface area contributed by atoms with Crippen molar-refractivity contribution in [2.24, 2.45) is 10.7 Å². The van der Waals surface area contributed by atoms with Gasteiger partial charge >= 0.3 is 5.97 Å². The molecule has 2 aromatic rings. The summed E-state index contributed by atoms with van der Waals surface area (Å²) in [6.45, 7) is 1.80. The number of carbonyl (C=O) groups excluding carboxylic acids is 1. The number of nitrogens with zero attached hydrogens (tertiary/aromatic N) is 1. The molecule has 30 heavy (non-hydrogen) atoms. The first kappa shape index (κ1) is 23.5. The van der Waals surface area contributed by atoms with Gasteiger partial charge < -0.3 is 15.2 Å². The van der Waals surface area contributed by atoms with Crippen molar-refractivity contribution in [3.8, 4) is 5.75 Å². The van der Waals surface area contributed by atoms with Gasteiger partial charge in [-0.15, -0.1) is 0 Å². The van der Waals surface area contributed by atoms with Crippen molar-refractivity contribution in [3.05, 3.63) is 64.3 Å². The summed E-state index contributed by atoms with van der Waals surface area (Å²) in [5.41, 5.74) is 6.22. The van der Waals surface area contributed by atoms with Crippen LogP contribution < -0.4 is 15.2 Å². The lowest BCUT2D eigenvalue weighted by atomic mass is 10.3. The molecule has 0 bridgehead atoms. The Morgan fingerprint density at radius 3 is 2.43 bits per heavy atom. The first-order valence-electron chi connectivity index (χ1n) is 8.51. The summed E-state index contributed by atoms with van der Waals surface area (Å²) < 4.78 is 35.5. The third kappa shape index (κ3) is 7.58. The van der Waals surface area contributed by atoms with Gasteiger partial charge in [-0.3, -0.25) is 4.72 Å². The molecule has 2 rings (SSSR count). The minimum atomic E-state index is -3.41. The van der Waals surface area contributed by atoms with Gasteiger partial charge in [0.05, 0.1) is 23.6 Å². The van der Waals surface area contributed by atoms with Gasteiger partial charge in [0, 0.05) is 16.8 Å². The van der Waals surface area contributed by atoms with Gasteiger partial charge in [0.15, 0.2) is 0 Å². The zero-order valence-corrected chi connectivity index (χ0v) is 18.4. The number of ether oxygens (including phenoxy) is 2. The molecule has 160 valence electrons. The van der Waals surface area contributed by atoms with E-state index in [0.29, 0.717) is 22.1 Å². The van der Waals surface area contributed by atoms with Crippen LogP contribution in [-0.4, -0.2) is 33.1 Å². The van der Waals surface area contributed by atoms with E-state index in [9.17, 15) is 13.2 Å². The number of aliphatic imine (C=N–C) groups is 1. The monoisotopic (exact) mass is 471 g/mol. The minimum absolute atomic E-state index is 0.0476. The summed E-state index contributed by atoms with van der Waals surface area (Å²) >= 11 is 12.1. The number of benzene rings is 2. The Kier molecular flexibility index (Phi) is 8.10. The molecule has 0 spiro atoms. The maximum absolute atomic E-state index is 11.8. The quantitative estimate of drug-likeness (QED) is 0.273. The molecule has 2 aromatic carbocycles. The lowest BCUT2D eigenvalue weighted by molar-refractivity contribution is -0.138. The number of anilines is 1. The van der Waals surface area contributed by atoms with Gasteiger partial charge in [-0.25, -0.2) is 18.2 Å². The standard InChI is InChI=1S/C19H19Cl2N3O5S/c1-3-28-19(25)16(22)11-18(23-17-9-4-12(20)10-15(17)21)29-14-7-5-13(6-8-14)24-30(2,26)27/h4-11,24H,3,22H2,1-2H3. The molecule has 0 aromatic heterocycles. The molecule has 3 N–H and O–H groups in total. The molecule has 0 aliphatic carbocycles. The molecule has 8 nitrogen and oxygen atoms in total. The van der Waals surface area contributed by atoms with Gasteiger partial charge in [0.1, 0.15) is 11.4 Å². The lowest BCUT2D eigenvalue weighted by Crippen LogP contribution is -2.18. The van der Waals surface area contributed by atoms with Crippen molar-refractivity contribution < 1.29 is 22.7 Å². The minimum Gasteiger partial charge on any atom is -0.461 e. The number of rotatable bonds is 7. The number of halogens is 2. The molecule has 0 saturated carbocycles. The molecule has 0 fully saturated rings. The number of esters is 1. The average Bonchev–Trinajstić information content (AvgIpc) is 2.64. The van der Waals surface area contributed by atoms with Crippen LogP contribution in [0.25, 0.3) is 0 Å². The first-order chi connectivity index (χ1) is 14.1. The highest BCUT2D eigenvalue weighted by Crippen LogP contribution is 2.28. The normalized spacial score (nSPS) is 12.4. The highest BCUT2D eigenvalue weighted by Gasteiger charge is 2.11. The molecule has 0 saturated heterocycles. The Morgan fingerprint density at radius 2 is 1.87 bits per heavy atom. The van der Waals surface area contributed by atoms with Crippen LogP contribution in [0, 0.1) is 0 Å². The third-order valence-electron chi connectivity index (χ3n) is 3.31. The van der Waals surface area contributed by atoms with Crippen LogP contribution >= 0.6 is 23.2 Å². The predicted molar refractivity (Wildman–Crippen MR) is 118 cm³/mol. The van der Waals surface area contributed by atoms with Crippen LogP contribution in [0.4, 0.5) is 11.4 Å². The van der Waals surface area contributed by atoms with E-state index >= 15 is 0 Å². The summed E-state index contributed by atoms with van der Waals surface area (Å²) in [4.78, 5) is 16.1. The van der Waals surface area contributed by atoms with Crippen LogP contribution in [0.5, 0.6) is 5.75 Å². The van der Waals surface area contributed by atoms with Crippen molar-refractivity contribution in [2.75, 3.05) is 17.6 Å². The second kappa shape index (κ2) is 10.3. The van der Waals surface area contributed by atoms with E-state index in [4.69, 9.17) is 38.4 Å². The summed E-state index contributed by atoms with van der Waals surface area (Å²) in [7, 11) is -3.41. The Labute approximate surface area is 184 Å². The molecule has 0 aliphatic rings. The van der Waals surface area contributed by atoms with E-state index < -0.39 is 16.0 Å². The highest BCUT2D eigenvalue weighted by molar-refractivity contribution is 7.92. The SMILES string of the molecule is CCOC(=O)C(N)=CC(=Nc1ccc(Cl)cc1Cl)Oc1ccc(NS(C)(=O)=O)cc1. The predicted octanol–water partition coefficient (Wildman–Crippen LogP) is 3.88. The molecule has 0 heterocycles. The average molecular weight is 472 g/mol. The van der Waals surface area contributed by atoms with Gasteiger partial charge in [0.2, 0.25) is 15.9 Å². The summed E-state index contributed by atoms with van der Waals surface area (Å²) in [5, 5.41) is 0.691. The number of carbonyl (C=O) groups is 1. The molecular formula is C19H19Cl2N3O5S. The van der Waals surface area contributed by atoms with Gasteiger partial charge in [0.25, 0.3) is 0 Å². The van der Waals surface area contributed by atoms with E-state index in [2.05, 4.69) is 9.71 Å². The number of sulfonamides is 1. The van der Waals surface area contributed by atoms with E-state index in [0.717, 1.165) is 6.26 Å². The molecule has 11 heteroatoms. The van der Waals surface area contributed by atoms with Crippen LogP contribution in [0.15, 0.2) is 59.2 Å². The summed E-state index contributed by atoms with van der Waals surface area (Å²) in [5.74, 6) is -0.469. The molecule has 0 aliphatic heterocycles. The maximum atomic E-state index is 11.8. The first-order valence-corrected chi connectivity index (χ1v) is 11.2. The van der Waals surface area contributed by atoms with E-state index in [1.807, 2.05) is 0 Å². The van der Waals surface area contributed by atoms with Gasteiger partial charge in [-0.05, 0) is 49.4 Å². The fourth-order valence-electron chi connectivity index (χ4n) is 2.11. The fraction of sp³-hybridized carbons (Fsp3) is 0.158. The number of nitrogens with two attached hydrogens (primary N) is 1. The number of nitrogens with one attached hydrogen (secondary N) is 1. The van der Waals surface area contributed by atoms with E-state index in [1.165, 1.54) is 36.4 Å².